The van der Waals surface area contributed by atoms with Crippen molar-refractivity contribution in [2.45, 2.75) is 70.1 Å². The number of aromatic nitrogens is 2. The predicted molar refractivity (Wildman–Crippen MR) is 156 cm³/mol. The minimum absolute atomic E-state index is 0.0471. The van der Waals surface area contributed by atoms with E-state index in [0.717, 1.165) is 37.9 Å². The number of hydrogen-bond acceptors (Lipinski definition) is 5. The molecule has 206 valence electrons. The molecule has 2 aromatic carbocycles. The first kappa shape index (κ1) is 27.4. The van der Waals surface area contributed by atoms with Crippen molar-refractivity contribution in [3.05, 3.63) is 70.0 Å². The molecule has 1 N–H and O–H groups in total. The normalized spacial score (nSPS) is 20.2. The number of hydrogen-bond donors (Lipinski definition) is 1. The molecule has 8 heteroatoms. The van der Waals surface area contributed by atoms with Crippen LogP contribution in [-0.2, 0) is 11.3 Å². The summed E-state index contributed by atoms with van der Waals surface area (Å²) in [6.07, 6.45) is 6.81. The summed E-state index contributed by atoms with van der Waals surface area (Å²) in [7, 11) is 0. The van der Waals surface area contributed by atoms with Crippen molar-refractivity contribution in [3.63, 3.8) is 0 Å². The Hall–Kier alpha value is -3.13. The van der Waals surface area contributed by atoms with Gasteiger partial charge in [-0.25, -0.2) is 4.98 Å². The third kappa shape index (κ3) is 6.72. The Bertz CT molecular complexity index is 1370. The highest BCUT2D eigenvalue weighted by Gasteiger charge is 2.26. The van der Waals surface area contributed by atoms with Crippen LogP contribution in [0, 0.1) is 11.8 Å². The van der Waals surface area contributed by atoms with Gasteiger partial charge in [0, 0.05) is 24.7 Å². The third-order valence-electron chi connectivity index (χ3n) is 7.87. The summed E-state index contributed by atoms with van der Waals surface area (Å²) in [5.74, 6) is 1.26. The highest BCUT2D eigenvalue weighted by atomic mass is 32.2. The lowest BCUT2D eigenvalue weighted by Crippen LogP contribution is -2.43. The van der Waals surface area contributed by atoms with Gasteiger partial charge in [-0.15, -0.1) is 0 Å². The minimum Gasteiger partial charge on any atom is -0.349 e. The average Bonchev–Trinajstić information content (AvgIpc) is 2.94. The predicted octanol–water partition coefficient (Wildman–Crippen LogP) is 5.10. The van der Waals surface area contributed by atoms with E-state index in [0.29, 0.717) is 40.0 Å². The van der Waals surface area contributed by atoms with Gasteiger partial charge in [-0.3, -0.25) is 19.0 Å². The third-order valence-corrected chi connectivity index (χ3v) is 8.83. The van der Waals surface area contributed by atoms with E-state index in [2.05, 4.69) is 19.2 Å². The summed E-state index contributed by atoms with van der Waals surface area (Å²) >= 11 is 1.32. The van der Waals surface area contributed by atoms with Gasteiger partial charge < -0.3 is 10.2 Å². The molecule has 2 aliphatic rings. The molecule has 3 aromatic rings. The molecule has 5 rings (SSSR count). The number of amides is 2. The van der Waals surface area contributed by atoms with E-state index in [1.807, 2.05) is 47.4 Å². The number of carbonyl (C=O) groups is 2. The largest absolute Gasteiger partial charge is 0.349 e. The maximum absolute atomic E-state index is 13.5. The molecule has 1 saturated heterocycles. The van der Waals surface area contributed by atoms with Crippen molar-refractivity contribution >= 4 is 34.5 Å². The van der Waals surface area contributed by atoms with Crippen molar-refractivity contribution in [2.24, 2.45) is 11.8 Å². The SMILES string of the molecule is C[C@@H]1C[C@@H](C)CN(C(=O)CSc2nc3ccccc3c(=O)n2Cc2ccc(C(=O)NC3CCCCC3)cc2)C1. The second-order valence-corrected chi connectivity index (χ2v) is 12.3. The molecule has 2 fully saturated rings. The fraction of sp³-hybridized carbons (Fsp3) is 0.484. The van der Waals surface area contributed by atoms with Gasteiger partial charge in [0.25, 0.3) is 11.5 Å². The molecule has 0 bridgehead atoms. The Morgan fingerprint density at radius 2 is 1.67 bits per heavy atom. The number of fused-ring (bicyclic) bond motifs is 1. The van der Waals surface area contributed by atoms with E-state index < -0.39 is 0 Å². The smallest absolute Gasteiger partial charge is 0.262 e. The Balaban J connectivity index is 1.33. The van der Waals surface area contributed by atoms with Crippen molar-refractivity contribution < 1.29 is 9.59 Å². The Kier molecular flexibility index (Phi) is 8.70. The topological polar surface area (TPSA) is 84.3 Å². The summed E-state index contributed by atoms with van der Waals surface area (Å²) in [5, 5.41) is 4.24. The minimum atomic E-state index is -0.130. The fourth-order valence-corrected chi connectivity index (χ4v) is 6.84. The Morgan fingerprint density at radius 3 is 2.38 bits per heavy atom. The molecule has 1 aliphatic heterocycles. The van der Waals surface area contributed by atoms with Crippen molar-refractivity contribution in [1.82, 2.24) is 19.8 Å². The maximum atomic E-state index is 13.5. The van der Waals surface area contributed by atoms with Crippen LogP contribution in [0.2, 0.25) is 0 Å². The van der Waals surface area contributed by atoms with E-state index in [9.17, 15) is 14.4 Å². The van der Waals surface area contributed by atoms with Gasteiger partial charge in [0.15, 0.2) is 5.16 Å². The van der Waals surface area contributed by atoms with E-state index in [-0.39, 0.29) is 29.2 Å². The average molecular weight is 547 g/mol. The monoisotopic (exact) mass is 546 g/mol. The first-order valence-corrected chi connectivity index (χ1v) is 15.2. The fourth-order valence-electron chi connectivity index (χ4n) is 5.94. The van der Waals surface area contributed by atoms with E-state index >= 15 is 0 Å². The molecule has 0 radical (unpaired) electrons. The molecular formula is C31H38N4O3S. The number of para-hydroxylation sites is 1. The highest BCUT2D eigenvalue weighted by Crippen LogP contribution is 2.24. The lowest BCUT2D eigenvalue weighted by Gasteiger charge is -2.35. The van der Waals surface area contributed by atoms with Gasteiger partial charge in [0.2, 0.25) is 5.91 Å². The lowest BCUT2D eigenvalue weighted by molar-refractivity contribution is -0.130. The summed E-state index contributed by atoms with van der Waals surface area (Å²) in [6, 6.07) is 15.0. The number of carbonyl (C=O) groups excluding carboxylic acids is 2. The highest BCUT2D eigenvalue weighted by molar-refractivity contribution is 7.99. The number of likely N-dealkylation sites (tertiary alicyclic amines) is 1. The van der Waals surface area contributed by atoms with Crippen molar-refractivity contribution in [1.29, 1.82) is 0 Å². The van der Waals surface area contributed by atoms with Crippen molar-refractivity contribution in [3.8, 4) is 0 Å². The van der Waals surface area contributed by atoms with E-state index in [4.69, 9.17) is 4.98 Å². The number of nitrogens with zero attached hydrogens (tertiary/aromatic N) is 3. The maximum Gasteiger partial charge on any atom is 0.262 e. The molecule has 0 spiro atoms. The van der Waals surface area contributed by atoms with Crippen LogP contribution in [0.25, 0.3) is 10.9 Å². The summed E-state index contributed by atoms with van der Waals surface area (Å²) in [5.41, 5.74) is 2.02. The van der Waals surface area contributed by atoms with Gasteiger partial charge in [-0.2, -0.15) is 0 Å². The van der Waals surface area contributed by atoms with Crippen LogP contribution in [0.4, 0.5) is 0 Å². The van der Waals surface area contributed by atoms with Crippen LogP contribution in [0.5, 0.6) is 0 Å². The quantitative estimate of drug-likeness (QED) is 0.329. The number of piperidine rings is 1. The Labute approximate surface area is 234 Å². The van der Waals surface area contributed by atoms with Gasteiger partial charge in [-0.1, -0.05) is 69.1 Å². The molecule has 39 heavy (non-hydrogen) atoms. The molecule has 2 amide bonds. The van der Waals surface area contributed by atoms with Crippen molar-refractivity contribution in [2.75, 3.05) is 18.8 Å². The lowest BCUT2D eigenvalue weighted by atomic mass is 9.92. The van der Waals surface area contributed by atoms with Crippen LogP contribution in [0.1, 0.15) is 68.3 Å². The van der Waals surface area contributed by atoms with Gasteiger partial charge >= 0.3 is 0 Å². The molecule has 2 heterocycles. The molecule has 1 saturated carbocycles. The second kappa shape index (κ2) is 12.4. The molecule has 2 atom stereocenters. The standard InChI is InChI=1S/C31H38N4O3S/c1-21-16-22(2)18-34(17-21)28(36)20-39-31-33-27-11-7-6-10-26(27)30(38)35(31)19-23-12-14-24(15-13-23)29(37)32-25-8-4-3-5-9-25/h6-7,10-15,21-22,25H,3-5,8-9,16-20H2,1-2H3,(H,32,37)/t21-,22-/m1/s1. The second-order valence-electron chi connectivity index (χ2n) is 11.3. The number of benzene rings is 2. The summed E-state index contributed by atoms with van der Waals surface area (Å²) < 4.78 is 1.65. The van der Waals surface area contributed by atoms with Crippen LogP contribution in [0.3, 0.4) is 0 Å². The van der Waals surface area contributed by atoms with Crippen LogP contribution in [0.15, 0.2) is 58.5 Å². The molecular weight excluding hydrogens is 508 g/mol. The first-order valence-electron chi connectivity index (χ1n) is 14.2. The van der Waals surface area contributed by atoms with E-state index in [1.54, 1.807) is 10.6 Å². The Morgan fingerprint density at radius 1 is 0.974 bits per heavy atom. The van der Waals surface area contributed by atoms with Gasteiger partial charge in [0.05, 0.1) is 23.2 Å². The number of nitrogens with one attached hydrogen (secondary N) is 1. The van der Waals surface area contributed by atoms with Crippen LogP contribution >= 0.6 is 11.8 Å². The first-order chi connectivity index (χ1) is 18.9. The molecule has 1 aromatic heterocycles. The zero-order valence-corrected chi connectivity index (χ0v) is 23.7. The summed E-state index contributed by atoms with van der Waals surface area (Å²) in [4.78, 5) is 46.1. The zero-order chi connectivity index (χ0) is 27.4. The molecule has 0 unspecified atom stereocenters. The number of rotatable bonds is 7. The molecule has 7 nitrogen and oxygen atoms in total. The summed E-state index contributed by atoms with van der Waals surface area (Å²) in [6.45, 7) is 6.26. The van der Waals surface area contributed by atoms with Gasteiger partial charge in [0.1, 0.15) is 0 Å². The van der Waals surface area contributed by atoms with Gasteiger partial charge in [-0.05, 0) is 60.9 Å². The van der Waals surface area contributed by atoms with Crippen LogP contribution in [-0.4, -0.2) is 51.1 Å². The van der Waals surface area contributed by atoms with E-state index in [1.165, 1.54) is 31.0 Å². The zero-order valence-electron chi connectivity index (χ0n) is 22.9. The number of thioether (sulfide) groups is 1. The molecule has 1 aliphatic carbocycles. The van der Waals surface area contributed by atoms with Crippen LogP contribution < -0.4 is 10.9 Å².